The number of carbonyl (C=O) groups excluding carboxylic acids is 1. The zero-order valence-corrected chi connectivity index (χ0v) is 17.0. The minimum atomic E-state index is -0.578. The van der Waals surface area contributed by atoms with Gasteiger partial charge in [-0.05, 0) is 44.5 Å². The lowest BCUT2D eigenvalue weighted by Crippen LogP contribution is -2.39. The van der Waals surface area contributed by atoms with Crippen LogP contribution in [0.25, 0.3) is 11.4 Å². The van der Waals surface area contributed by atoms with E-state index in [4.69, 9.17) is 4.74 Å². The number of H-pyrrole nitrogens is 1. The second-order valence-electron chi connectivity index (χ2n) is 7.60. The van der Waals surface area contributed by atoms with Gasteiger partial charge in [0.2, 0.25) is 0 Å². The number of nitrogens with zero attached hydrogens (tertiary/aromatic N) is 3. The summed E-state index contributed by atoms with van der Waals surface area (Å²) in [7, 11) is 0. The van der Waals surface area contributed by atoms with Crippen LogP contribution in [-0.4, -0.2) is 45.0 Å². The van der Waals surface area contributed by atoms with Crippen LogP contribution in [-0.2, 0) is 4.79 Å². The van der Waals surface area contributed by atoms with E-state index in [9.17, 15) is 9.59 Å². The summed E-state index contributed by atoms with van der Waals surface area (Å²) in [4.78, 5) is 38.2. The van der Waals surface area contributed by atoms with E-state index in [0.717, 1.165) is 17.5 Å². The summed E-state index contributed by atoms with van der Waals surface area (Å²) >= 11 is 0. The molecule has 1 fully saturated rings. The molecule has 1 aliphatic rings. The molecule has 0 spiro atoms. The molecule has 0 saturated carbocycles. The van der Waals surface area contributed by atoms with E-state index in [1.54, 1.807) is 36.4 Å². The Kier molecular flexibility index (Phi) is 5.61. The number of carbonyl (C=O) groups is 1. The molecule has 4 rings (SSSR count). The van der Waals surface area contributed by atoms with Gasteiger partial charge >= 0.3 is 0 Å². The highest BCUT2D eigenvalue weighted by molar-refractivity contribution is 5.81. The number of aromatic nitrogens is 3. The standard InChI is InChI=1S/C23H24N4O3/c1-15-3-5-19(6-4-15)30-16(2)23(29)27-12-9-18(14-27)20-13-21(28)26-22(25-20)17-7-10-24-11-8-17/h3-8,10-11,13,16,18H,9,12,14H2,1-2H3,(H,25,26,28)/t16-,18+/m0/s1. The van der Waals surface area contributed by atoms with E-state index in [1.807, 2.05) is 31.2 Å². The van der Waals surface area contributed by atoms with Gasteiger partial charge in [0.05, 0.1) is 5.69 Å². The number of ether oxygens (including phenoxy) is 1. The highest BCUT2D eigenvalue weighted by atomic mass is 16.5. The van der Waals surface area contributed by atoms with Crippen molar-refractivity contribution in [1.29, 1.82) is 0 Å². The molecule has 7 heteroatoms. The molecule has 1 saturated heterocycles. The van der Waals surface area contributed by atoms with Gasteiger partial charge in [-0.1, -0.05) is 17.7 Å². The number of hydrogen-bond acceptors (Lipinski definition) is 5. The van der Waals surface area contributed by atoms with E-state index >= 15 is 0 Å². The van der Waals surface area contributed by atoms with Crippen LogP contribution in [0.2, 0.25) is 0 Å². The van der Waals surface area contributed by atoms with Gasteiger partial charge in [0, 0.05) is 43.0 Å². The SMILES string of the molecule is Cc1ccc(O[C@@H](C)C(=O)N2CC[C@@H](c3cc(=O)[nH]c(-c4ccncc4)n3)C2)cc1. The molecule has 30 heavy (non-hydrogen) atoms. The molecule has 1 amide bonds. The Morgan fingerprint density at radius 2 is 1.93 bits per heavy atom. The van der Waals surface area contributed by atoms with Crippen LogP contribution in [0, 0.1) is 6.92 Å². The average molecular weight is 404 g/mol. The van der Waals surface area contributed by atoms with Gasteiger partial charge < -0.3 is 14.6 Å². The fourth-order valence-corrected chi connectivity index (χ4v) is 3.66. The van der Waals surface area contributed by atoms with Gasteiger partial charge in [-0.15, -0.1) is 0 Å². The Balaban J connectivity index is 1.45. The lowest BCUT2D eigenvalue weighted by Gasteiger charge is -2.22. The first-order chi connectivity index (χ1) is 14.5. The smallest absolute Gasteiger partial charge is 0.263 e. The van der Waals surface area contributed by atoms with Crippen molar-refractivity contribution in [3.8, 4) is 17.1 Å². The monoisotopic (exact) mass is 404 g/mol. The fraction of sp³-hybridized carbons (Fsp3) is 0.304. The lowest BCUT2D eigenvalue weighted by atomic mass is 10.0. The van der Waals surface area contributed by atoms with Crippen LogP contribution in [0.15, 0.2) is 59.7 Å². The fourth-order valence-electron chi connectivity index (χ4n) is 3.66. The van der Waals surface area contributed by atoms with Crippen molar-refractivity contribution in [2.24, 2.45) is 0 Å². The second-order valence-corrected chi connectivity index (χ2v) is 7.60. The van der Waals surface area contributed by atoms with Gasteiger partial charge in [0.15, 0.2) is 6.10 Å². The molecule has 0 unspecified atom stereocenters. The average Bonchev–Trinajstić information content (AvgIpc) is 3.25. The molecule has 1 N–H and O–H groups in total. The molecular weight excluding hydrogens is 380 g/mol. The molecule has 1 aliphatic heterocycles. The Labute approximate surface area is 174 Å². The summed E-state index contributed by atoms with van der Waals surface area (Å²) < 4.78 is 5.81. The van der Waals surface area contributed by atoms with Crippen molar-refractivity contribution in [2.45, 2.75) is 32.3 Å². The van der Waals surface area contributed by atoms with Crippen LogP contribution >= 0.6 is 0 Å². The van der Waals surface area contributed by atoms with E-state index in [1.165, 1.54) is 6.07 Å². The maximum atomic E-state index is 12.9. The summed E-state index contributed by atoms with van der Waals surface area (Å²) in [5, 5.41) is 0. The molecule has 2 atom stereocenters. The number of likely N-dealkylation sites (tertiary alicyclic amines) is 1. The minimum absolute atomic E-state index is 0.0170. The van der Waals surface area contributed by atoms with Gasteiger partial charge in [0.25, 0.3) is 11.5 Å². The predicted molar refractivity (Wildman–Crippen MR) is 113 cm³/mol. The zero-order valence-electron chi connectivity index (χ0n) is 17.0. The quantitative estimate of drug-likeness (QED) is 0.706. The van der Waals surface area contributed by atoms with Gasteiger partial charge in [0.1, 0.15) is 11.6 Å². The maximum Gasteiger partial charge on any atom is 0.263 e. The molecular formula is C23H24N4O3. The van der Waals surface area contributed by atoms with Crippen molar-refractivity contribution in [3.05, 3.63) is 76.5 Å². The Morgan fingerprint density at radius 1 is 1.20 bits per heavy atom. The van der Waals surface area contributed by atoms with E-state index in [2.05, 4.69) is 15.0 Å². The number of benzene rings is 1. The van der Waals surface area contributed by atoms with Crippen molar-refractivity contribution in [2.75, 3.05) is 13.1 Å². The molecule has 2 aromatic heterocycles. The summed E-state index contributed by atoms with van der Waals surface area (Å²) in [6, 6.07) is 12.8. The Bertz CT molecular complexity index is 1080. The molecule has 0 bridgehead atoms. The van der Waals surface area contributed by atoms with Crippen LogP contribution in [0.5, 0.6) is 5.75 Å². The normalized spacial score (nSPS) is 17.0. The second kappa shape index (κ2) is 8.49. The summed E-state index contributed by atoms with van der Waals surface area (Å²) in [6.45, 7) is 4.91. The van der Waals surface area contributed by atoms with Crippen LogP contribution in [0.3, 0.4) is 0 Å². The third kappa shape index (κ3) is 4.40. The number of aromatic amines is 1. The summed E-state index contributed by atoms with van der Waals surface area (Å²) in [5.74, 6) is 1.15. The molecule has 3 aromatic rings. The number of rotatable bonds is 5. The van der Waals surface area contributed by atoms with Crippen LogP contribution in [0.1, 0.15) is 30.5 Å². The molecule has 1 aromatic carbocycles. The first-order valence-electron chi connectivity index (χ1n) is 10.0. The highest BCUT2D eigenvalue weighted by Crippen LogP contribution is 2.27. The van der Waals surface area contributed by atoms with Gasteiger partial charge in [-0.2, -0.15) is 0 Å². The molecule has 3 heterocycles. The number of amides is 1. The van der Waals surface area contributed by atoms with Crippen molar-refractivity contribution < 1.29 is 9.53 Å². The first-order valence-corrected chi connectivity index (χ1v) is 10.0. The third-order valence-corrected chi connectivity index (χ3v) is 5.32. The number of pyridine rings is 1. The van der Waals surface area contributed by atoms with Gasteiger partial charge in [-0.25, -0.2) is 4.98 Å². The zero-order chi connectivity index (χ0) is 21.1. The van der Waals surface area contributed by atoms with Gasteiger partial charge in [-0.3, -0.25) is 14.6 Å². The van der Waals surface area contributed by atoms with Crippen LogP contribution in [0.4, 0.5) is 0 Å². The van der Waals surface area contributed by atoms with Crippen molar-refractivity contribution in [3.63, 3.8) is 0 Å². The highest BCUT2D eigenvalue weighted by Gasteiger charge is 2.31. The third-order valence-electron chi connectivity index (χ3n) is 5.32. The van der Waals surface area contributed by atoms with E-state index in [-0.39, 0.29) is 17.4 Å². The molecule has 7 nitrogen and oxygen atoms in total. The topological polar surface area (TPSA) is 88.2 Å². The summed E-state index contributed by atoms with van der Waals surface area (Å²) in [6.07, 6.45) is 3.50. The lowest BCUT2D eigenvalue weighted by molar-refractivity contribution is -0.136. The summed E-state index contributed by atoms with van der Waals surface area (Å²) in [5.41, 5.74) is 2.44. The minimum Gasteiger partial charge on any atom is -0.481 e. The Morgan fingerprint density at radius 3 is 2.67 bits per heavy atom. The molecule has 0 aliphatic carbocycles. The number of nitrogens with one attached hydrogen (secondary N) is 1. The largest absolute Gasteiger partial charge is 0.481 e. The maximum absolute atomic E-state index is 12.9. The van der Waals surface area contributed by atoms with E-state index in [0.29, 0.717) is 30.4 Å². The van der Waals surface area contributed by atoms with Crippen molar-refractivity contribution >= 4 is 5.91 Å². The first kappa shape index (κ1) is 19.8. The van der Waals surface area contributed by atoms with Crippen LogP contribution < -0.4 is 10.3 Å². The predicted octanol–water partition coefficient (Wildman–Crippen LogP) is 2.92. The Hall–Kier alpha value is -3.48. The van der Waals surface area contributed by atoms with Crippen molar-refractivity contribution in [1.82, 2.24) is 19.9 Å². The number of aryl methyl sites for hydroxylation is 1. The molecule has 154 valence electrons. The van der Waals surface area contributed by atoms with E-state index < -0.39 is 6.10 Å². The number of hydrogen-bond donors (Lipinski definition) is 1. The molecule has 0 radical (unpaired) electrons.